The Kier molecular flexibility index (Phi) is 9.22. The monoisotopic (exact) mass is 433 g/mol. The van der Waals surface area contributed by atoms with Crippen molar-refractivity contribution in [2.75, 3.05) is 46.0 Å². The molecule has 1 aliphatic heterocycles. The predicted octanol–water partition coefficient (Wildman–Crippen LogP) is 3.42. The van der Waals surface area contributed by atoms with E-state index in [9.17, 15) is 4.79 Å². The highest BCUT2D eigenvalue weighted by Gasteiger charge is 2.10. The summed E-state index contributed by atoms with van der Waals surface area (Å²) in [6, 6.07) is 11.9. The minimum absolute atomic E-state index is 0.0827. The summed E-state index contributed by atoms with van der Waals surface area (Å²) in [7, 11) is 0. The highest BCUT2D eigenvalue weighted by molar-refractivity contribution is 5.78. The lowest BCUT2D eigenvalue weighted by atomic mass is 10.1. The molecule has 0 saturated carbocycles. The molecular weight excluding hydrogens is 402 g/mol. The Morgan fingerprint density at radius 1 is 1.12 bits per heavy atom. The van der Waals surface area contributed by atoms with Crippen LogP contribution in [0, 0.1) is 0 Å². The van der Waals surface area contributed by atoms with Gasteiger partial charge >= 0.3 is 0 Å². The van der Waals surface area contributed by atoms with E-state index in [2.05, 4.69) is 28.4 Å². The van der Waals surface area contributed by atoms with Gasteiger partial charge in [0, 0.05) is 43.6 Å². The van der Waals surface area contributed by atoms with Gasteiger partial charge in [-0.3, -0.25) is 14.7 Å². The van der Waals surface area contributed by atoms with E-state index in [0.29, 0.717) is 13.2 Å². The van der Waals surface area contributed by atoms with Crippen LogP contribution in [0.15, 0.2) is 79.6 Å². The molecule has 6 nitrogen and oxygen atoms in total. The zero-order chi connectivity index (χ0) is 22.6. The lowest BCUT2D eigenvalue weighted by Gasteiger charge is -2.26. The molecule has 2 aromatic rings. The number of morpholine rings is 1. The van der Waals surface area contributed by atoms with Crippen molar-refractivity contribution in [2.45, 2.75) is 6.42 Å². The van der Waals surface area contributed by atoms with Crippen LogP contribution in [0.5, 0.6) is 5.75 Å². The molecule has 0 atom stereocenters. The third-order valence-electron chi connectivity index (χ3n) is 5.22. The summed E-state index contributed by atoms with van der Waals surface area (Å²) < 4.78 is 11.2. The molecule has 32 heavy (non-hydrogen) atoms. The molecule has 0 spiro atoms. The lowest BCUT2D eigenvalue weighted by Crippen LogP contribution is -2.38. The number of pyridine rings is 1. The lowest BCUT2D eigenvalue weighted by molar-refractivity contribution is -0.120. The first-order chi connectivity index (χ1) is 15.7. The fourth-order valence-corrected chi connectivity index (χ4v) is 3.34. The van der Waals surface area contributed by atoms with Crippen molar-refractivity contribution < 1.29 is 14.3 Å². The maximum absolute atomic E-state index is 12.2. The predicted molar refractivity (Wildman–Crippen MR) is 128 cm³/mol. The van der Waals surface area contributed by atoms with Crippen LogP contribution in [0.4, 0.5) is 0 Å². The summed E-state index contributed by atoms with van der Waals surface area (Å²) in [5.41, 5.74) is 3.68. The van der Waals surface area contributed by atoms with Crippen LogP contribution in [0.3, 0.4) is 0 Å². The standard InChI is InChI=1S/C26H31N3O3/c1-3-5-21(4-2)19-28-26(30)18-24-9-6-23(20-27-24)22-7-10-25(11-8-22)32-17-14-29-12-15-31-16-13-29/h3-11,20H,1-2,12-19H2,(H,28,30)/b21-5+. The number of nitrogens with zero attached hydrogens (tertiary/aromatic N) is 2. The number of benzene rings is 1. The van der Waals surface area contributed by atoms with E-state index in [-0.39, 0.29) is 12.3 Å². The number of hydrogen-bond acceptors (Lipinski definition) is 5. The van der Waals surface area contributed by atoms with Gasteiger partial charge in [-0.05, 0) is 29.3 Å². The number of nitrogens with one attached hydrogen (secondary N) is 1. The minimum atomic E-state index is -0.0827. The Morgan fingerprint density at radius 2 is 1.88 bits per heavy atom. The number of aromatic nitrogens is 1. The van der Waals surface area contributed by atoms with E-state index < -0.39 is 0 Å². The summed E-state index contributed by atoms with van der Waals surface area (Å²) in [6.45, 7) is 12.9. The zero-order valence-corrected chi connectivity index (χ0v) is 18.5. The molecule has 1 saturated heterocycles. The highest BCUT2D eigenvalue weighted by atomic mass is 16.5. The van der Waals surface area contributed by atoms with Gasteiger partial charge in [-0.2, -0.15) is 0 Å². The van der Waals surface area contributed by atoms with Crippen molar-refractivity contribution in [1.82, 2.24) is 15.2 Å². The number of ether oxygens (including phenoxy) is 2. The molecular formula is C26H31N3O3. The van der Waals surface area contributed by atoms with E-state index in [1.54, 1.807) is 18.3 Å². The SMILES string of the molecule is C=C/C=C(\C=C)CNC(=O)Cc1ccc(-c2ccc(OCCN3CCOCC3)cc2)cn1. The van der Waals surface area contributed by atoms with Gasteiger partial charge in [0.15, 0.2) is 0 Å². The first-order valence-corrected chi connectivity index (χ1v) is 10.9. The molecule has 1 amide bonds. The molecule has 0 unspecified atom stereocenters. The van der Waals surface area contributed by atoms with Gasteiger partial charge < -0.3 is 14.8 Å². The van der Waals surface area contributed by atoms with E-state index in [1.807, 2.05) is 42.5 Å². The minimum Gasteiger partial charge on any atom is -0.492 e. The fraction of sp³-hybridized carbons (Fsp3) is 0.308. The molecule has 1 fully saturated rings. The molecule has 1 aliphatic rings. The van der Waals surface area contributed by atoms with E-state index >= 15 is 0 Å². The van der Waals surface area contributed by atoms with Crippen LogP contribution in [-0.2, 0) is 16.0 Å². The molecule has 3 rings (SSSR count). The second-order valence-corrected chi connectivity index (χ2v) is 7.50. The van der Waals surface area contributed by atoms with Crippen LogP contribution in [0.1, 0.15) is 5.69 Å². The second-order valence-electron chi connectivity index (χ2n) is 7.50. The normalized spacial score (nSPS) is 14.6. The van der Waals surface area contributed by atoms with Crippen molar-refractivity contribution in [1.29, 1.82) is 0 Å². The van der Waals surface area contributed by atoms with Crippen LogP contribution in [0.2, 0.25) is 0 Å². The molecule has 6 heteroatoms. The van der Waals surface area contributed by atoms with E-state index in [1.165, 1.54) is 0 Å². The third-order valence-corrected chi connectivity index (χ3v) is 5.22. The number of carbonyl (C=O) groups excluding carboxylic acids is 1. The molecule has 0 bridgehead atoms. The van der Waals surface area contributed by atoms with Crippen molar-refractivity contribution in [3.8, 4) is 16.9 Å². The molecule has 168 valence electrons. The summed E-state index contributed by atoms with van der Waals surface area (Å²) >= 11 is 0. The summed E-state index contributed by atoms with van der Waals surface area (Å²) in [4.78, 5) is 18.9. The quantitative estimate of drug-likeness (QED) is 0.550. The maximum Gasteiger partial charge on any atom is 0.226 e. The van der Waals surface area contributed by atoms with Gasteiger partial charge in [-0.1, -0.05) is 49.6 Å². The first-order valence-electron chi connectivity index (χ1n) is 10.9. The van der Waals surface area contributed by atoms with Crippen LogP contribution in [-0.4, -0.2) is 61.8 Å². The molecule has 0 aliphatic carbocycles. The van der Waals surface area contributed by atoms with Crippen LogP contribution < -0.4 is 10.1 Å². The molecule has 2 heterocycles. The molecule has 1 N–H and O–H groups in total. The number of rotatable bonds is 11. The molecule has 1 aromatic heterocycles. The fourth-order valence-electron chi connectivity index (χ4n) is 3.34. The number of carbonyl (C=O) groups is 1. The Hall–Kier alpha value is -3.22. The van der Waals surface area contributed by atoms with E-state index in [0.717, 1.165) is 61.0 Å². The third kappa shape index (κ3) is 7.48. The Balaban J connectivity index is 1.46. The largest absolute Gasteiger partial charge is 0.492 e. The van der Waals surface area contributed by atoms with Gasteiger partial charge in [0.05, 0.1) is 19.6 Å². The Morgan fingerprint density at radius 3 is 2.53 bits per heavy atom. The number of amides is 1. The number of allylic oxidation sites excluding steroid dienone is 2. The summed E-state index contributed by atoms with van der Waals surface area (Å²) in [6.07, 6.45) is 7.22. The summed E-state index contributed by atoms with van der Waals surface area (Å²) in [5.74, 6) is 0.772. The van der Waals surface area contributed by atoms with Gasteiger partial charge in [-0.25, -0.2) is 0 Å². The van der Waals surface area contributed by atoms with Crippen molar-refractivity contribution in [3.63, 3.8) is 0 Å². The van der Waals surface area contributed by atoms with Crippen LogP contribution in [0.25, 0.3) is 11.1 Å². The topological polar surface area (TPSA) is 63.7 Å². The zero-order valence-electron chi connectivity index (χ0n) is 18.5. The van der Waals surface area contributed by atoms with Gasteiger partial charge in [0.25, 0.3) is 0 Å². The van der Waals surface area contributed by atoms with Gasteiger partial charge in [-0.15, -0.1) is 0 Å². The molecule has 1 aromatic carbocycles. The molecule has 0 radical (unpaired) electrons. The van der Waals surface area contributed by atoms with Gasteiger partial charge in [0.2, 0.25) is 5.91 Å². The van der Waals surface area contributed by atoms with Crippen molar-refractivity contribution >= 4 is 5.91 Å². The summed E-state index contributed by atoms with van der Waals surface area (Å²) in [5, 5.41) is 2.87. The second kappa shape index (κ2) is 12.6. The Labute approximate surface area is 190 Å². The van der Waals surface area contributed by atoms with Crippen molar-refractivity contribution in [2.24, 2.45) is 0 Å². The van der Waals surface area contributed by atoms with Crippen LogP contribution >= 0.6 is 0 Å². The average Bonchev–Trinajstić information content (AvgIpc) is 2.83. The average molecular weight is 434 g/mol. The smallest absolute Gasteiger partial charge is 0.226 e. The Bertz CT molecular complexity index is 914. The van der Waals surface area contributed by atoms with Gasteiger partial charge in [0.1, 0.15) is 12.4 Å². The maximum atomic E-state index is 12.2. The number of hydrogen-bond donors (Lipinski definition) is 1. The van der Waals surface area contributed by atoms with E-state index in [4.69, 9.17) is 9.47 Å². The first kappa shape index (κ1) is 23.4. The highest BCUT2D eigenvalue weighted by Crippen LogP contribution is 2.22. The van der Waals surface area contributed by atoms with Crippen molar-refractivity contribution in [3.05, 3.63) is 85.2 Å².